The molecule has 79 heavy (non-hydrogen) atoms. The lowest BCUT2D eigenvalue weighted by Gasteiger charge is -2.38. The van der Waals surface area contributed by atoms with Gasteiger partial charge in [-0.05, 0) is 94.3 Å². The number of aliphatic hydroxyl groups excluding tert-OH is 1. The number of benzene rings is 1. The summed E-state index contributed by atoms with van der Waals surface area (Å²) in [6.07, 6.45) is 10.00. The monoisotopic (exact) mass is 1110 g/mol. The molecule has 2 aromatic heterocycles. The van der Waals surface area contributed by atoms with Crippen molar-refractivity contribution in [3.8, 4) is 17.1 Å². The molecule has 8 rings (SSSR count). The molecule has 0 spiro atoms. The Kier molecular flexibility index (Phi) is 28.9. The van der Waals surface area contributed by atoms with Crippen LogP contribution in [0.5, 0.6) is 5.75 Å². The molecule has 5 aliphatic rings. The Labute approximate surface area is 470 Å². The summed E-state index contributed by atoms with van der Waals surface area (Å²) in [5, 5.41) is 14.5. The van der Waals surface area contributed by atoms with Gasteiger partial charge in [-0.1, -0.05) is 109 Å². The molecule has 19 heteroatoms. The molecule has 3 fully saturated rings. The quantitative estimate of drug-likeness (QED) is 0.0614. The van der Waals surface area contributed by atoms with Gasteiger partial charge in [-0.25, -0.2) is 14.6 Å². The lowest BCUT2D eigenvalue weighted by Crippen LogP contribution is -2.54. The fraction of sp³-hybridized carbons (Fsp3) is 0.667. The third-order valence-electron chi connectivity index (χ3n) is 14.5. The number of likely N-dealkylation sites (tertiary alicyclic amines) is 1. The molecular weight excluding hydrogens is 1010 g/mol. The third kappa shape index (κ3) is 17.8. The summed E-state index contributed by atoms with van der Waals surface area (Å²) in [5.41, 5.74) is 6.89. The Balaban J connectivity index is 0.000000527. The van der Waals surface area contributed by atoms with Crippen LogP contribution in [-0.4, -0.2) is 139 Å². The van der Waals surface area contributed by atoms with Crippen molar-refractivity contribution in [2.75, 3.05) is 67.6 Å². The average Bonchev–Trinajstić information content (AvgIpc) is 3.89. The predicted molar refractivity (Wildman–Crippen MR) is 309 cm³/mol. The number of nitrogens with one attached hydrogen (secondary N) is 1. The van der Waals surface area contributed by atoms with Crippen LogP contribution in [0.3, 0.4) is 0 Å². The van der Waals surface area contributed by atoms with E-state index >= 15 is 0 Å². The average molecular weight is 1110 g/mol. The van der Waals surface area contributed by atoms with E-state index in [1.807, 2.05) is 59.4 Å². The number of nitrogens with zero attached hydrogens (tertiary/aromatic N) is 5. The van der Waals surface area contributed by atoms with Crippen molar-refractivity contribution in [2.45, 2.75) is 179 Å². The summed E-state index contributed by atoms with van der Waals surface area (Å²) in [7, 11) is 6.04. The van der Waals surface area contributed by atoms with Crippen molar-refractivity contribution in [2.24, 2.45) is 22.0 Å². The molecule has 1 aromatic carbocycles. The fourth-order valence-corrected chi connectivity index (χ4v) is 9.92. The number of amides is 3. The van der Waals surface area contributed by atoms with Crippen LogP contribution >= 0.6 is 0 Å². The van der Waals surface area contributed by atoms with E-state index in [1.54, 1.807) is 27.7 Å². The highest BCUT2D eigenvalue weighted by Gasteiger charge is 2.50. The van der Waals surface area contributed by atoms with Gasteiger partial charge < -0.3 is 54.4 Å². The number of piperazine rings is 1. The summed E-state index contributed by atoms with van der Waals surface area (Å²) in [6, 6.07) is 7.81. The number of aliphatic hydroxyl groups is 1. The van der Waals surface area contributed by atoms with Crippen molar-refractivity contribution < 1.29 is 52.8 Å². The first-order valence-electron chi connectivity index (χ1n) is 28.6. The van der Waals surface area contributed by atoms with Gasteiger partial charge in [-0.3, -0.25) is 24.0 Å². The second-order valence-electron chi connectivity index (χ2n) is 21.4. The summed E-state index contributed by atoms with van der Waals surface area (Å²) in [4.78, 5) is 95.5. The summed E-state index contributed by atoms with van der Waals surface area (Å²) < 4.78 is 21.7. The van der Waals surface area contributed by atoms with Crippen LogP contribution in [0.15, 0.2) is 29.1 Å². The van der Waals surface area contributed by atoms with Gasteiger partial charge in [-0.15, -0.1) is 0 Å². The number of nitrogens with two attached hydrogens (primary N) is 1. The minimum atomic E-state index is -1.51. The SMILES string of the molecule is CC.CC.CCC.CCc1c2c(nc3ccc(OC(=O)N4CCN(C(=O)C(C)(C)CCC(C)(C)C)CC4)cc13)-c1cc3c(c(=O)n1C2)COC(=O)C3O.CN.CNC1CCCCC1.COC(=O)C1(C(=O)OC)CCN(C=O)CC1. The Morgan fingerprint density at radius 3 is 1.89 bits per heavy atom. The van der Waals surface area contributed by atoms with Crippen molar-refractivity contribution in [1.29, 1.82) is 0 Å². The Bertz CT molecular complexity index is 2500. The van der Waals surface area contributed by atoms with Gasteiger partial charge in [-0.2, -0.15) is 0 Å². The number of fused-ring (bicyclic) bond motifs is 5. The molecule has 19 nitrogen and oxygen atoms in total. The second-order valence-corrected chi connectivity index (χ2v) is 21.4. The minimum absolute atomic E-state index is 0.119. The summed E-state index contributed by atoms with van der Waals surface area (Å²) >= 11 is 0. The zero-order valence-electron chi connectivity index (χ0n) is 50.7. The van der Waals surface area contributed by atoms with Gasteiger partial charge in [0.1, 0.15) is 12.4 Å². The number of ether oxygens (including phenoxy) is 4. The maximum atomic E-state index is 13.4. The number of esters is 3. The van der Waals surface area contributed by atoms with E-state index in [2.05, 4.69) is 62.2 Å². The van der Waals surface area contributed by atoms with Crippen molar-refractivity contribution in [1.82, 2.24) is 29.6 Å². The number of methoxy groups -OCH3 is 2. The number of pyridine rings is 2. The highest BCUT2D eigenvalue weighted by atomic mass is 16.6. The van der Waals surface area contributed by atoms with Gasteiger partial charge in [0.2, 0.25) is 12.3 Å². The molecule has 1 aliphatic carbocycles. The van der Waals surface area contributed by atoms with Gasteiger partial charge >= 0.3 is 24.0 Å². The molecule has 3 aromatic rings. The van der Waals surface area contributed by atoms with E-state index in [9.17, 15) is 38.7 Å². The maximum absolute atomic E-state index is 13.4. The highest BCUT2D eigenvalue weighted by Crippen LogP contribution is 2.39. The van der Waals surface area contributed by atoms with Crippen molar-refractivity contribution in [3.05, 3.63) is 56.9 Å². The number of carbonyl (C=O) groups is 6. The van der Waals surface area contributed by atoms with Crippen LogP contribution in [0.1, 0.15) is 176 Å². The lowest BCUT2D eigenvalue weighted by molar-refractivity contribution is -0.173. The van der Waals surface area contributed by atoms with Crippen LogP contribution in [-0.2, 0) is 57.8 Å². The molecule has 1 atom stereocenters. The Morgan fingerprint density at radius 2 is 1.39 bits per heavy atom. The molecule has 3 amide bonds. The Hall–Kier alpha value is -5.92. The fourth-order valence-electron chi connectivity index (χ4n) is 9.92. The molecule has 6 heterocycles. The molecule has 4 aliphatic heterocycles. The van der Waals surface area contributed by atoms with Crippen LogP contribution < -0.4 is 21.3 Å². The molecule has 1 saturated carbocycles. The van der Waals surface area contributed by atoms with Gasteiger partial charge in [0.05, 0.1) is 43.2 Å². The minimum Gasteiger partial charge on any atom is -0.468 e. The predicted octanol–water partition coefficient (Wildman–Crippen LogP) is 8.73. The van der Waals surface area contributed by atoms with E-state index in [0.29, 0.717) is 81.3 Å². The molecule has 0 bridgehead atoms. The van der Waals surface area contributed by atoms with Crippen LogP contribution in [0.2, 0.25) is 0 Å². The molecule has 2 saturated heterocycles. The van der Waals surface area contributed by atoms with E-state index in [1.165, 1.54) is 64.7 Å². The first-order chi connectivity index (χ1) is 37.6. The van der Waals surface area contributed by atoms with Crippen LogP contribution in [0, 0.1) is 16.2 Å². The first-order valence-corrected chi connectivity index (χ1v) is 28.6. The first kappa shape index (κ1) is 69.2. The topological polar surface area (TPSA) is 242 Å². The number of hydrogen-bond acceptors (Lipinski definition) is 15. The van der Waals surface area contributed by atoms with Crippen LogP contribution in [0.25, 0.3) is 22.3 Å². The van der Waals surface area contributed by atoms with Gasteiger partial charge in [0, 0.05) is 67.2 Å². The summed E-state index contributed by atoms with van der Waals surface area (Å²) in [5.74, 6) is -1.45. The number of piperidine rings is 1. The lowest BCUT2D eigenvalue weighted by atomic mass is 9.78. The summed E-state index contributed by atoms with van der Waals surface area (Å²) in [6.45, 7) is 27.4. The number of aromatic nitrogens is 2. The van der Waals surface area contributed by atoms with Gasteiger partial charge in [0.15, 0.2) is 11.5 Å². The zero-order valence-corrected chi connectivity index (χ0v) is 50.7. The zero-order chi connectivity index (χ0) is 59.8. The number of aryl methyl sites for hydroxylation is 1. The number of cyclic esters (lactones) is 1. The second kappa shape index (κ2) is 33.0. The van der Waals surface area contributed by atoms with Crippen molar-refractivity contribution in [3.63, 3.8) is 0 Å². The highest BCUT2D eigenvalue weighted by molar-refractivity contribution is 6.00. The maximum Gasteiger partial charge on any atom is 0.415 e. The molecule has 4 N–H and O–H groups in total. The molecule has 0 radical (unpaired) electrons. The number of rotatable bonds is 9. The van der Waals surface area contributed by atoms with Crippen molar-refractivity contribution >= 4 is 47.2 Å². The molecule has 444 valence electrons. The van der Waals surface area contributed by atoms with E-state index in [0.717, 1.165) is 35.4 Å². The largest absolute Gasteiger partial charge is 0.468 e. The number of carbonyl (C=O) groups excluding carboxylic acids is 6. The van der Waals surface area contributed by atoms with E-state index in [-0.39, 0.29) is 47.5 Å². The van der Waals surface area contributed by atoms with E-state index in [4.69, 9.17) is 14.5 Å². The molecule has 1 unspecified atom stereocenters. The van der Waals surface area contributed by atoms with Gasteiger partial charge in [0.25, 0.3) is 5.56 Å². The normalized spacial score (nSPS) is 17.0. The molecular formula is C60H97N7O12. The van der Waals surface area contributed by atoms with E-state index < -0.39 is 40.9 Å². The number of hydrogen-bond donors (Lipinski definition) is 3. The Morgan fingerprint density at radius 1 is 0.835 bits per heavy atom. The standard InChI is InChI=1S/C35H42N4O7.C10H15NO5.C7H15N.C3H8.2C2H6.CH5N/c1-7-21-22-16-20(46-33(44)38-14-12-37(13-15-38)32(43)35(5,6)11-10-34(2,3)4)8-9-26(22)36-28-24(21)18-39-27(28)17-23-25(30(39)41)19-45-31(42)29(23)40;1-15-8(13)10(9(14)16-2)3-5-11(7-12)6-4-10;1-8-7-5-3-2-4-6-7;1-3-2;3*1-2/h8-9,16-17,29,40H,7,10-15,18-19H2,1-6H3;7H,3-6H2,1-2H3;7-8H,2-6H2,1H3;3H2,1-2H3;2*1-2H3;2H2,1H3. The van der Waals surface area contributed by atoms with Crippen LogP contribution in [0.4, 0.5) is 4.79 Å². The smallest absolute Gasteiger partial charge is 0.415 e. The third-order valence-corrected chi connectivity index (χ3v) is 14.5.